The van der Waals surface area contributed by atoms with Gasteiger partial charge in [-0.25, -0.2) is 4.98 Å². The molecule has 7 heteroatoms. The Balaban J connectivity index is 1.55. The SMILES string of the molecule is Cc1csc(COc2ccc(C(=O)N3CCN(C=O)CC3)cc2)n1. The Morgan fingerprint density at radius 1 is 1.25 bits per heavy atom. The van der Waals surface area contributed by atoms with Crippen molar-refractivity contribution in [1.82, 2.24) is 14.8 Å². The van der Waals surface area contributed by atoms with Crippen LogP contribution in [0, 0.1) is 6.92 Å². The van der Waals surface area contributed by atoms with Crippen molar-refractivity contribution >= 4 is 23.7 Å². The second-order valence-corrected chi connectivity index (χ2v) is 6.57. The van der Waals surface area contributed by atoms with Gasteiger partial charge in [0.15, 0.2) is 0 Å². The van der Waals surface area contributed by atoms with Gasteiger partial charge in [-0.2, -0.15) is 0 Å². The van der Waals surface area contributed by atoms with E-state index in [0.717, 1.165) is 17.1 Å². The maximum atomic E-state index is 12.5. The number of carbonyl (C=O) groups is 2. The number of aromatic nitrogens is 1. The fraction of sp³-hybridized carbons (Fsp3) is 0.353. The number of aryl methyl sites for hydroxylation is 1. The maximum Gasteiger partial charge on any atom is 0.253 e. The molecule has 1 aliphatic heterocycles. The van der Waals surface area contributed by atoms with E-state index in [1.165, 1.54) is 0 Å². The average molecular weight is 345 g/mol. The van der Waals surface area contributed by atoms with Gasteiger partial charge in [-0.1, -0.05) is 0 Å². The molecule has 6 nitrogen and oxygen atoms in total. The third kappa shape index (κ3) is 3.91. The van der Waals surface area contributed by atoms with Crippen molar-refractivity contribution in [2.24, 2.45) is 0 Å². The van der Waals surface area contributed by atoms with Crippen molar-refractivity contribution in [3.05, 3.63) is 45.9 Å². The van der Waals surface area contributed by atoms with Gasteiger partial charge in [-0.3, -0.25) is 9.59 Å². The van der Waals surface area contributed by atoms with Crippen molar-refractivity contribution in [3.8, 4) is 5.75 Å². The van der Waals surface area contributed by atoms with Crippen molar-refractivity contribution in [3.63, 3.8) is 0 Å². The zero-order chi connectivity index (χ0) is 16.9. The summed E-state index contributed by atoms with van der Waals surface area (Å²) in [6.07, 6.45) is 0.831. The van der Waals surface area contributed by atoms with Crippen LogP contribution < -0.4 is 4.74 Å². The van der Waals surface area contributed by atoms with Gasteiger partial charge < -0.3 is 14.5 Å². The molecule has 0 aliphatic carbocycles. The Hall–Kier alpha value is -2.41. The molecular formula is C17H19N3O3S. The molecule has 2 aromatic rings. The zero-order valence-corrected chi connectivity index (χ0v) is 14.3. The summed E-state index contributed by atoms with van der Waals surface area (Å²) >= 11 is 1.57. The van der Waals surface area contributed by atoms with Gasteiger partial charge in [0.2, 0.25) is 6.41 Å². The number of rotatable bonds is 5. The van der Waals surface area contributed by atoms with Gasteiger partial charge in [0, 0.05) is 42.8 Å². The molecule has 1 saturated heterocycles. The lowest BCUT2D eigenvalue weighted by Crippen LogP contribution is -2.48. The summed E-state index contributed by atoms with van der Waals surface area (Å²) in [7, 11) is 0. The van der Waals surface area contributed by atoms with Crippen molar-refractivity contribution in [2.45, 2.75) is 13.5 Å². The lowest BCUT2D eigenvalue weighted by molar-refractivity contribution is -0.119. The van der Waals surface area contributed by atoms with Crippen LogP contribution in [0.3, 0.4) is 0 Å². The highest BCUT2D eigenvalue weighted by Gasteiger charge is 2.21. The molecule has 1 fully saturated rings. The Morgan fingerprint density at radius 3 is 2.54 bits per heavy atom. The summed E-state index contributed by atoms with van der Waals surface area (Å²) in [6.45, 7) is 4.69. The quantitative estimate of drug-likeness (QED) is 0.777. The minimum absolute atomic E-state index is 0.0114. The largest absolute Gasteiger partial charge is 0.486 e. The molecule has 3 rings (SSSR count). The van der Waals surface area contributed by atoms with Gasteiger partial charge in [0.25, 0.3) is 5.91 Å². The summed E-state index contributed by atoms with van der Waals surface area (Å²) in [5, 5.41) is 2.92. The summed E-state index contributed by atoms with van der Waals surface area (Å²) < 4.78 is 5.69. The predicted molar refractivity (Wildman–Crippen MR) is 91.2 cm³/mol. The number of carbonyl (C=O) groups excluding carboxylic acids is 2. The average Bonchev–Trinajstić information content (AvgIpc) is 3.05. The van der Waals surface area contributed by atoms with Crippen LogP contribution in [0.4, 0.5) is 0 Å². The summed E-state index contributed by atoms with van der Waals surface area (Å²) in [5.41, 5.74) is 1.63. The van der Waals surface area contributed by atoms with E-state index in [0.29, 0.717) is 44.1 Å². The molecule has 0 N–H and O–H groups in total. The fourth-order valence-corrected chi connectivity index (χ4v) is 3.20. The first-order valence-electron chi connectivity index (χ1n) is 7.78. The van der Waals surface area contributed by atoms with Crippen LogP contribution in [0.5, 0.6) is 5.75 Å². The minimum Gasteiger partial charge on any atom is -0.486 e. The Morgan fingerprint density at radius 2 is 1.96 bits per heavy atom. The lowest BCUT2D eigenvalue weighted by Gasteiger charge is -2.32. The van der Waals surface area contributed by atoms with Crippen molar-refractivity contribution in [2.75, 3.05) is 26.2 Å². The highest BCUT2D eigenvalue weighted by molar-refractivity contribution is 7.09. The molecule has 24 heavy (non-hydrogen) atoms. The first-order valence-corrected chi connectivity index (χ1v) is 8.66. The molecule has 0 spiro atoms. The molecule has 1 aromatic carbocycles. The van der Waals surface area contributed by atoms with E-state index in [4.69, 9.17) is 4.74 Å². The Labute approximate surface area is 144 Å². The first kappa shape index (κ1) is 16.4. The van der Waals surface area contributed by atoms with Crippen LogP contribution in [0.1, 0.15) is 21.1 Å². The summed E-state index contributed by atoms with van der Waals surface area (Å²) in [6, 6.07) is 7.15. The van der Waals surface area contributed by atoms with Crippen molar-refractivity contribution < 1.29 is 14.3 Å². The molecule has 2 amide bonds. The topological polar surface area (TPSA) is 62.7 Å². The van der Waals surface area contributed by atoms with E-state index in [1.54, 1.807) is 45.4 Å². The molecule has 0 bridgehead atoms. The molecule has 0 atom stereocenters. The van der Waals surface area contributed by atoms with Crippen LogP contribution in [0.2, 0.25) is 0 Å². The standard InChI is InChI=1S/C17H19N3O3S/c1-13-11-24-16(18-13)10-23-15-4-2-14(3-5-15)17(22)20-8-6-19(12-21)7-9-20/h2-5,11-12H,6-10H2,1H3. The van der Waals surface area contributed by atoms with Gasteiger partial charge in [0.05, 0.1) is 0 Å². The predicted octanol–water partition coefficient (Wildman–Crippen LogP) is 1.94. The summed E-state index contributed by atoms with van der Waals surface area (Å²) in [4.78, 5) is 31.0. The number of hydrogen-bond donors (Lipinski definition) is 0. The van der Waals surface area contributed by atoms with Crippen LogP contribution in [0.15, 0.2) is 29.6 Å². The number of nitrogens with zero attached hydrogens (tertiary/aromatic N) is 3. The Kier molecular flexibility index (Phi) is 5.10. The minimum atomic E-state index is -0.0114. The van der Waals surface area contributed by atoms with Gasteiger partial charge in [0.1, 0.15) is 17.4 Å². The molecule has 0 saturated carbocycles. The molecule has 0 radical (unpaired) electrons. The monoisotopic (exact) mass is 345 g/mol. The third-order valence-corrected chi connectivity index (χ3v) is 4.82. The third-order valence-electron chi connectivity index (χ3n) is 3.88. The number of ether oxygens (including phenoxy) is 1. The normalized spacial score (nSPS) is 14.5. The van der Waals surface area contributed by atoms with Gasteiger partial charge in [-0.15, -0.1) is 11.3 Å². The van der Waals surface area contributed by atoms with Crippen LogP contribution >= 0.6 is 11.3 Å². The van der Waals surface area contributed by atoms with E-state index < -0.39 is 0 Å². The number of piperazine rings is 1. The van der Waals surface area contributed by atoms with E-state index in [-0.39, 0.29) is 5.91 Å². The van der Waals surface area contributed by atoms with Crippen LogP contribution in [-0.4, -0.2) is 53.3 Å². The maximum absolute atomic E-state index is 12.5. The van der Waals surface area contributed by atoms with E-state index in [9.17, 15) is 9.59 Å². The van der Waals surface area contributed by atoms with Gasteiger partial charge >= 0.3 is 0 Å². The van der Waals surface area contributed by atoms with E-state index in [2.05, 4.69) is 4.98 Å². The number of hydrogen-bond acceptors (Lipinski definition) is 5. The molecular weight excluding hydrogens is 326 g/mol. The van der Waals surface area contributed by atoms with Crippen LogP contribution in [0.25, 0.3) is 0 Å². The smallest absolute Gasteiger partial charge is 0.253 e. The number of amides is 2. The highest BCUT2D eigenvalue weighted by Crippen LogP contribution is 2.17. The number of thiazole rings is 1. The first-order chi connectivity index (χ1) is 11.7. The van der Waals surface area contributed by atoms with Crippen molar-refractivity contribution in [1.29, 1.82) is 0 Å². The molecule has 0 unspecified atom stereocenters. The molecule has 1 aliphatic rings. The second-order valence-electron chi connectivity index (χ2n) is 5.63. The number of benzene rings is 1. The zero-order valence-electron chi connectivity index (χ0n) is 13.5. The van der Waals surface area contributed by atoms with Gasteiger partial charge in [-0.05, 0) is 31.2 Å². The van der Waals surface area contributed by atoms with E-state index in [1.807, 2.05) is 12.3 Å². The van der Waals surface area contributed by atoms with Crippen LogP contribution in [-0.2, 0) is 11.4 Å². The lowest BCUT2D eigenvalue weighted by atomic mass is 10.1. The Bertz CT molecular complexity index is 706. The molecule has 1 aromatic heterocycles. The second kappa shape index (κ2) is 7.44. The molecule has 126 valence electrons. The van der Waals surface area contributed by atoms with E-state index >= 15 is 0 Å². The fourth-order valence-electron chi connectivity index (χ4n) is 2.52. The molecule has 2 heterocycles. The highest BCUT2D eigenvalue weighted by atomic mass is 32.1. The summed E-state index contributed by atoms with van der Waals surface area (Å²) in [5.74, 6) is 0.702.